The summed E-state index contributed by atoms with van der Waals surface area (Å²) in [6.45, 7) is 3.27. The maximum atomic E-state index is 13.2. The third kappa shape index (κ3) is 3.41. The van der Waals surface area contributed by atoms with Crippen LogP contribution in [0.5, 0.6) is 0 Å². The first-order valence-electron chi connectivity index (χ1n) is 10.4. The molecule has 4 aromatic rings. The number of nitrogens with one attached hydrogen (secondary N) is 1. The molecule has 1 unspecified atom stereocenters. The highest BCUT2D eigenvalue weighted by atomic mass is 35.5. The standard InChI is InChI=1S/C21H23ClN8O2/c1-12(26-20(32)17-18(23)27-30-6-2-5-25-19(17)30)14-9-15(22)16-10-24-11-29(16)21(14)28-7-3-13(31)4-8-28/h2,5-6,9-13,31H,3-4,7-8H2,1H3,(H2,23,27)(H,26,32). The molecule has 1 amide bonds. The molecule has 0 bridgehead atoms. The lowest BCUT2D eigenvalue weighted by molar-refractivity contribution is 0.0942. The van der Waals surface area contributed by atoms with E-state index >= 15 is 0 Å². The number of carbonyl (C=O) groups excluding carboxylic acids is 1. The molecule has 5 heterocycles. The Morgan fingerprint density at radius 3 is 2.94 bits per heavy atom. The number of rotatable bonds is 4. The van der Waals surface area contributed by atoms with E-state index in [0.717, 1.165) is 16.9 Å². The summed E-state index contributed by atoms with van der Waals surface area (Å²) in [6, 6.07) is 3.18. The summed E-state index contributed by atoms with van der Waals surface area (Å²) >= 11 is 6.55. The van der Waals surface area contributed by atoms with Gasteiger partial charge in [0.05, 0.1) is 28.9 Å². The molecule has 4 N–H and O–H groups in total. The van der Waals surface area contributed by atoms with Gasteiger partial charge in [-0.3, -0.25) is 9.20 Å². The zero-order valence-electron chi connectivity index (χ0n) is 17.4. The molecule has 4 aromatic heterocycles. The number of anilines is 2. The Bertz CT molecular complexity index is 1310. The number of piperidine rings is 1. The van der Waals surface area contributed by atoms with Crippen molar-refractivity contribution in [2.75, 3.05) is 23.7 Å². The number of aliphatic hydroxyl groups is 1. The van der Waals surface area contributed by atoms with Crippen molar-refractivity contribution in [2.24, 2.45) is 0 Å². The van der Waals surface area contributed by atoms with Crippen LogP contribution in [0.15, 0.2) is 37.1 Å². The van der Waals surface area contributed by atoms with Crippen molar-refractivity contribution in [1.82, 2.24) is 29.3 Å². The first-order valence-corrected chi connectivity index (χ1v) is 10.8. The summed E-state index contributed by atoms with van der Waals surface area (Å²) in [7, 11) is 0. The number of pyridine rings is 1. The molecule has 0 aliphatic carbocycles. The number of nitrogens with two attached hydrogens (primary N) is 1. The average molecular weight is 455 g/mol. The Balaban J connectivity index is 1.53. The molecule has 166 valence electrons. The molecule has 10 nitrogen and oxygen atoms in total. The van der Waals surface area contributed by atoms with Gasteiger partial charge < -0.3 is 21.1 Å². The molecule has 0 aromatic carbocycles. The van der Waals surface area contributed by atoms with Crippen LogP contribution in [0.1, 0.15) is 41.7 Å². The van der Waals surface area contributed by atoms with E-state index in [0.29, 0.717) is 36.6 Å². The van der Waals surface area contributed by atoms with Crippen LogP contribution in [0, 0.1) is 0 Å². The van der Waals surface area contributed by atoms with E-state index in [2.05, 4.69) is 25.3 Å². The van der Waals surface area contributed by atoms with Gasteiger partial charge in [0.15, 0.2) is 11.5 Å². The van der Waals surface area contributed by atoms with Crippen molar-refractivity contribution in [3.63, 3.8) is 0 Å². The number of halogens is 1. The maximum absolute atomic E-state index is 13.2. The van der Waals surface area contributed by atoms with Gasteiger partial charge in [-0.15, -0.1) is 5.10 Å². The quantitative estimate of drug-likeness (QED) is 0.431. The smallest absolute Gasteiger partial charge is 0.259 e. The Labute approximate surface area is 188 Å². The minimum atomic E-state index is -0.397. The van der Waals surface area contributed by atoms with Gasteiger partial charge >= 0.3 is 0 Å². The molecule has 1 aliphatic rings. The second-order valence-electron chi connectivity index (χ2n) is 7.98. The monoisotopic (exact) mass is 454 g/mol. The minimum Gasteiger partial charge on any atom is -0.393 e. The van der Waals surface area contributed by atoms with E-state index in [4.69, 9.17) is 17.3 Å². The largest absolute Gasteiger partial charge is 0.393 e. The van der Waals surface area contributed by atoms with E-state index in [9.17, 15) is 9.90 Å². The zero-order valence-corrected chi connectivity index (χ0v) is 18.2. The fraction of sp³-hybridized carbons (Fsp3) is 0.333. The number of aromatic nitrogens is 5. The van der Waals surface area contributed by atoms with Crippen molar-refractivity contribution in [1.29, 1.82) is 0 Å². The lowest BCUT2D eigenvalue weighted by Gasteiger charge is -2.34. The first-order chi connectivity index (χ1) is 15.4. The highest BCUT2D eigenvalue weighted by Gasteiger charge is 2.27. The Morgan fingerprint density at radius 2 is 2.16 bits per heavy atom. The molecule has 1 atom stereocenters. The van der Waals surface area contributed by atoms with Crippen LogP contribution < -0.4 is 16.0 Å². The van der Waals surface area contributed by atoms with Gasteiger partial charge in [-0.2, -0.15) is 0 Å². The number of carbonyl (C=O) groups is 1. The average Bonchev–Trinajstić information content (AvgIpc) is 3.38. The summed E-state index contributed by atoms with van der Waals surface area (Å²) in [5.74, 6) is 0.639. The second-order valence-corrected chi connectivity index (χ2v) is 8.39. The number of fused-ring (bicyclic) bond motifs is 2. The van der Waals surface area contributed by atoms with Gasteiger partial charge in [-0.25, -0.2) is 14.5 Å². The summed E-state index contributed by atoms with van der Waals surface area (Å²) in [5, 5.41) is 17.7. The molecule has 0 radical (unpaired) electrons. The Hall–Kier alpha value is -3.37. The van der Waals surface area contributed by atoms with Crippen molar-refractivity contribution in [3.8, 4) is 0 Å². The summed E-state index contributed by atoms with van der Waals surface area (Å²) < 4.78 is 3.41. The van der Waals surface area contributed by atoms with Crippen molar-refractivity contribution >= 4 is 40.3 Å². The number of hydrogen-bond donors (Lipinski definition) is 3. The van der Waals surface area contributed by atoms with Gasteiger partial charge in [0.1, 0.15) is 17.7 Å². The van der Waals surface area contributed by atoms with E-state index < -0.39 is 6.04 Å². The SMILES string of the molecule is CC(NC(=O)c1c(N)nn2cccnc12)c1cc(Cl)c2cncn2c1N1CCC(O)CC1. The fourth-order valence-electron chi connectivity index (χ4n) is 4.25. The zero-order chi connectivity index (χ0) is 22.4. The van der Waals surface area contributed by atoms with Crippen LogP contribution in [-0.2, 0) is 0 Å². The van der Waals surface area contributed by atoms with E-state index in [1.165, 1.54) is 4.52 Å². The lowest BCUT2D eigenvalue weighted by Crippen LogP contribution is -2.38. The van der Waals surface area contributed by atoms with Crippen LogP contribution in [0.25, 0.3) is 11.2 Å². The first kappa shape index (κ1) is 20.5. The topological polar surface area (TPSA) is 126 Å². The van der Waals surface area contributed by atoms with E-state index in [1.807, 2.05) is 17.4 Å². The normalized spacial score (nSPS) is 16.0. The number of nitrogen functional groups attached to an aromatic ring is 1. The van der Waals surface area contributed by atoms with Crippen LogP contribution in [0.4, 0.5) is 11.6 Å². The fourth-order valence-corrected chi connectivity index (χ4v) is 4.51. The molecular formula is C21H23ClN8O2. The predicted molar refractivity (Wildman–Crippen MR) is 121 cm³/mol. The molecule has 1 fully saturated rings. The highest BCUT2D eigenvalue weighted by molar-refractivity contribution is 6.34. The van der Waals surface area contributed by atoms with Gasteiger partial charge in [0, 0.05) is 31.0 Å². The number of nitrogens with zero attached hydrogens (tertiary/aromatic N) is 6. The highest BCUT2D eigenvalue weighted by Crippen LogP contribution is 2.34. The Kier molecular flexibility index (Phi) is 5.10. The van der Waals surface area contributed by atoms with Gasteiger partial charge in [0.25, 0.3) is 5.91 Å². The van der Waals surface area contributed by atoms with Crippen molar-refractivity contribution in [2.45, 2.75) is 31.9 Å². The van der Waals surface area contributed by atoms with Gasteiger partial charge in [0.2, 0.25) is 0 Å². The minimum absolute atomic E-state index is 0.113. The third-order valence-electron chi connectivity index (χ3n) is 5.88. The molecule has 1 aliphatic heterocycles. The predicted octanol–water partition coefficient (Wildman–Crippen LogP) is 2.06. The summed E-state index contributed by atoms with van der Waals surface area (Å²) in [4.78, 5) is 23.9. The van der Waals surface area contributed by atoms with Crippen molar-refractivity contribution < 1.29 is 9.90 Å². The number of aliphatic hydroxyl groups excluding tert-OH is 1. The molecular weight excluding hydrogens is 432 g/mol. The van der Waals surface area contributed by atoms with E-state index in [-0.39, 0.29) is 23.4 Å². The van der Waals surface area contributed by atoms with Crippen LogP contribution in [-0.4, -0.2) is 54.2 Å². The van der Waals surface area contributed by atoms with Gasteiger partial charge in [-0.05, 0) is 31.9 Å². The molecule has 0 saturated carbocycles. The second kappa shape index (κ2) is 7.95. The number of imidazole rings is 1. The lowest BCUT2D eigenvalue weighted by atomic mass is 10.0. The molecule has 11 heteroatoms. The maximum Gasteiger partial charge on any atom is 0.259 e. The van der Waals surface area contributed by atoms with Crippen molar-refractivity contribution in [3.05, 3.63) is 53.2 Å². The van der Waals surface area contributed by atoms with E-state index in [1.54, 1.807) is 31.0 Å². The summed E-state index contributed by atoms with van der Waals surface area (Å²) in [5.41, 5.74) is 8.26. The third-order valence-corrected chi connectivity index (χ3v) is 6.18. The molecule has 1 saturated heterocycles. The molecule has 32 heavy (non-hydrogen) atoms. The molecule has 5 rings (SSSR count). The Morgan fingerprint density at radius 1 is 1.38 bits per heavy atom. The van der Waals surface area contributed by atoms with Gasteiger partial charge in [-0.1, -0.05) is 11.6 Å². The van der Waals surface area contributed by atoms with Crippen LogP contribution in [0.2, 0.25) is 5.02 Å². The molecule has 0 spiro atoms. The number of amides is 1. The van der Waals surface area contributed by atoms with Crippen LogP contribution >= 0.6 is 11.6 Å². The van der Waals surface area contributed by atoms with Crippen LogP contribution in [0.3, 0.4) is 0 Å². The summed E-state index contributed by atoms with van der Waals surface area (Å²) in [6.07, 6.45) is 7.74. The number of hydrogen-bond acceptors (Lipinski definition) is 7.